The van der Waals surface area contributed by atoms with E-state index in [0.29, 0.717) is 0 Å². The minimum absolute atomic E-state index is 0.0173. The van der Waals surface area contributed by atoms with Gasteiger partial charge in [-0.2, -0.15) is 0 Å². The molecule has 2 N–H and O–H groups in total. The summed E-state index contributed by atoms with van der Waals surface area (Å²) in [7, 11) is 1.34. The first-order chi connectivity index (χ1) is 7.91. The van der Waals surface area contributed by atoms with Crippen LogP contribution in [-0.4, -0.2) is 19.4 Å². The Hall–Kier alpha value is -1.49. The molecule has 0 aliphatic heterocycles. The molecule has 0 saturated heterocycles. The van der Waals surface area contributed by atoms with E-state index in [1.54, 1.807) is 0 Å². The fourth-order valence-corrected chi connectivity index (χ4v) is 1.61. The zero-order chi connectivity index (χ0) is 13.1. The highest BCUT2D eigenvalue weighted by Gasteiger charge is 2.31. The van der Waals surface area contributed by atoms with Crippen molar-refractivity contribution in [2.75, 3.05) is 13.7 Å². The molecule has 0 saturated carbocycles. The van der Waals surface area contributed by atoms with Gasteiger partial charge in [0.1, 0.15) is 5.75 Å². The number of ether oxygens (including phenoxy) is 1. The third-order valence-corrected chi connectivity index (χ3v) is 2.37. The summed E-state index contributed by atoms with van der Waals surface area (Å²) in [6, 6.07) is 4.15. The van der Waals surface area contributed by atoms with Crippen molar-refractivity contribution in [1.29, 1.82) is 0 Å². The molecule has 3 nitrogen and oxygen atoms in total. The van der Waals surface area contributed by atoms with Crippen LogP contribution in [0.4, 0.5) is 8.78 Å². The van der Waals surface area contributed by atoms with Gasteiger partial charge in [0, 0.05) is 18.9 Å². The Bertz CT molecular complexity index is 413. The molecular formula is C12H15F2NO2. The molecule has 17 heavy (non-hydrogen) atoms. The van der Waals surface area contributed by atoms with Crippen LogP contribution in [0.5, 0.6) is 5.75 Å². The van der Waals surface area contributed by atoms with Crippen LogP contribution in [0.1, 0.15) is 29.3 Å². The Labute approximate surface area is 98.6 Å². The van der Waals surface area contributed by atoms with E-state index in [1.807, 2.05) is 0 Å². The predicted octanol–water partition coefficient (Wildman–Crippen LogP) is 2.34. The summed E-state index contributed by atoms with van der Waals surface area (Å²) in [6.07, 6.45) is 0.0173. The van der Waals surface area contributed by atoms with Crippen LogP contribution in [-0.2, 0) is 5.92 Å². The summed E-state index contributed by atoms with van der Waals surface area (Å²) < 4.78 is 31.7. The number of methoxy groups -OCH3 is 1. The summed E-state index contributed by atoms with van der Waals surface area (Å²) in [5, 5.41) is 0. The maximum Gasteiger partial charge on any atom is 0.271 e. The average molecular weight is 243 g/mol. The molecule has 94 valence electrons. The van der Waals surface area contributed by atoms with Gasteiger partial charge in [0.15, 0.2) is 5.78 Å². The van der Waals surface area contributed by atoms with Crippen molar-refractivity contribution in [3.05, 3.63) is 29.3 Å². The van der Waals surface area contributed by atoms with Crippen LogP contribution in [0.25, 0.3) is 0 Å². The van der Waals surface area contributed by atoms with Crippen molar-refractivity contribution in [2.45, 2.75) is 19.3 Å². The van der Waals surface area contributed by atoms with Gasteiger partial charge in [-0.15, -0.1) is 0 Å². The van der Waals surface area contributed by atoms with Crippen LogP contribution in [0.2, 0.25) is 0 Å². The molecule has 1 aromatic carbocycles. The zero-order valence-corrected chi connectivity index (χ0v) is 9.80. The highest BCUT2D eigenvalue weighted by Crippen LogP contribution is 2.35. The molecule has 0 atom stereocenters. The Morgan fingerprint density at radius 2 is 2.12 bits per heavy atom. The highest BCUT2D eigenvalue weighted by molar-refractivity contribution is 6.00. The Balaban J connectivity index is 3.36. The van der Waals surface area contributed by atoms with Crippen molar-refractivity contribution >= 4 is 5.78 Å². The fourth-order valence-electron chi connectivity index (χ4n) is 1.61. The molecule has 0 bridgehead atoms. The van der Waals surface area contributed by atoms with Crippen LogP contribution in [0.15, 0.2) is 18.2 Å². The summed E-state index contributed by atoms with van der Waals surface area (Å²) in [4.78, 5) is 11.8. The van der Waals surface area contributed by atoms with Crippen LogP contribution in [0, 0.1) is 0 Å². The lowest BCUT2D eigenvalue weighted by molar-refractivity contribution is 0.0162. The van der Waals surface area contributed by atoms with Crippen molar-refractivity contribution in [3.8, 4) is 5.75 Å². The molecular weight excluding hydrogens is 228 g/mol. The standard InChI is InChI=1S/C12H15F2NO2/c1-12(13,14)8-4-3-5-10(17-2)11(8)9(16)6-7-15/h3-5H,6-7,15H2,1-2H3. The second kappa shape index (κ2) is 5.23. The lowest BCUT2D eigenvalue weighted by atomic mass is 9.96. The normalized spacial score (nSPS) is 11.4. The van der Waals surface area contributed by atoms with E-state index in [1.165, 1.54) is 25.3 Å². The summed E-state index contributed by atoms with van der Waals surface area (Å²) in [6.45, 7) is 0.868. The number of carbonyl (C=O) groups is 1. The van der Waals surface area contributed by atoms with Gasteiger partial charge in [-0.05, 0) is 12.6 Å². The first-order valence-corrected chi connectivity index (χ1v) is 5.20. The molecule has 0 aliphatic rings. The first kappa shape index (κ1) is 13.6. The van der Waals surface area contributed by atoms with Crippen molar-refractivity contribution < 1.29 is 18.3 Å². The summed E-state index contributed by atoms with van der Waals surface area (Å²) in [5.41, 5.74) is 4.87. The van der Waals surface area contributed by atoms with Crippen LogP contribution >= 0.6 is 0 Å². The molecule has 0 aromatic heterocycles. The van der Waals surface area contributed by atoms with Crippen molar-refractivity contribution in [2.24, 2.45) is 5.73 Å². The smallest absolute Gasteiger partial charge is 0.271 e. The van der Waals surface area contributed by atoms with E-state index in [9.17, 15) is 13.6 Å². The van der Waals surface area contributed by atoms with Gasteiger partial charge in [-0.25, -0.2) is 8.78 Å². The monoisotopic (exact) mass is 243 g/mol. The SMILES string of the molecule is COc1cccc(C(C)(F)F)c1C(=O)CCN. The van der Waals surface area contributed by atoms with E-state index in [4.69, 9.17) is 10.5 Å². The number of ketones is 1. The van der Waals surface area contributed by atoms with E-state index in [0.717, 1.165) is 6.92 Å². The topological polar surface area (TPSA) is 52.3 Å². The first-order valence-electron chi connectivity index (χ1n) is 5.20. The van der Waals surface area contributed by atoms with Crippen LogP contribution < -0.4 is 10.5 Å². The molecule has 0 fully saturated rings. The quantitative estimate of drug-likeness (QED) is 0.807. The van der Waals surface area contributed by atoms with Crippen molar-refractivity contribution in [3.63, 3.8) is 0 Å². The molecule has 0 spiro atoms. The van der Waals surface area contributed by atoms with Gasteiger partial charge in [0.05, 0.1) is 12.7 Å². The molecule has 1 aromatic rings. The van der Waals surface area contributed by atoms with E-state index < -0.39 is 11.7 Å². The van der Waals surface area contributed by atoms with E-state index >= 15 is 0 Å². The predicted molar refractivity (Wildman–Crippen MR) is 60.6 cm³/mol. The van der Waals surface area contributed by atoms with Gasteiger partial charge in [0.2, 0.25) is 0 Å². The molecule has 1 rings (SSSR count). The van der Waals surface area contributed by atoms with Crippen LogP contribution in [0.3, 0.4) is 0 Å². The zero-order valence-electron chi connectivity index (χ0n) is 9.80. The Morgan fingerprint density at radius 3 is 2.59 bits per heavy atom. The number of hydrogen-bond donors (Lipinski definition) is 1. The second-order valence-electron chi connectivity index (χ2n) is 3.73. The minimum atomic E-state index is -3.09. The maximum atomic E-state index is 13.4. The summed E-state index contributed by atoms with van der Waals surface area (Å²) in [5.74, 6) is -3.36. The van der Waals surface area contributed by atoms with Gasteiger partial charge in [-0.1, -0.05) is 12.1 Å². The number of halogens is 2. The molecule has 0 unspecified atom stereocenters. The summed E-state index contributed by atoms with van der Waals surface area (Å²) >= 11 is 0. The maximum absolute atomic E-state index is 13.4. The lowest BCUT2D eigenvalue weighted by Crippen LogP contribution is -2.17. The Morgan fingerprint density at radius 1 is 1.47 bits per heavy atom. The minimum Gasteiger partial charge on any atom is -0.496 e. The highest BCUT2D eigenvalue weighted by atomic mass is 19.3. The molecule has 0 radical (unpaired) electrons. The third-order valence-electron chi connectivity index (χ3n) is 2.37. The molecule has 0 amide bonds. The third kappa shape index (κ3) is 3.00. The number of carbonyl (C=O) groups excluding carboxylic acids is 1. The number of Topliss-reactive ketones (excluding diaryl/α,β-unsaturated/α-hetero) is 1. The largest absolute Gasteiger partial charge is 0.496 e. The number of nitrogens with two attached hydrogens (primary N) is 1. The number of benzene rings is 1. The number of rotatable bonds is 5. The number of hydrogen-bond acceptors (Lipinski definition) is 3. The van der Waals surface area contributed by atoms with Gasteiger partial charge in [0.25, 0.3) is 5.92 Å². The van der Waals surface area contributed by atoms with Gasteiger partial charge in [-0.3, -0.25) is 4.79 Å². The van der Waals surface area contributed by atoms with Gasteiger partial charge >= 0.3 is 0 Å². The van der Waals surface area contributed by atoms with Crippen molar-refractivity contribution in [1.82, 2.24) is 0 Å². The van der Waals surface area contributed by atoms with E-state index in [-0.39, 0.29) is 29.8 Å². The van der Waals surface area contributed by atoms with Gasteiger partial charge < -0.3 is 10.5 Å². The number of alkyl halides is 2. The molecule has 0 heterocycles. The second-order valence-corrected chi connectivity index (χ2v) is 3.73. The average Bonchev–Trinajstić information content (AvgIpc) is 2.27. The Kier molecular flexibility index (Phi) is 4.17. The van der Waals surface area contributed by atoms with E-state index in [2.05, 4.69) is 0 Å². The molecule has 5 heteroatoms. The molecule has 0 aliphatic carbocycles. The lowest BCUT2D eigenvalue weighted by Gasteiger charge is -2.17. The fraction of sp³-hybridized carbons (Fsp3) is 0.417.